The predicted molar refractivity (Wildman–Crippen MR) is 81.4 cm³/mol. The van der Waals surface area contributed by atoms with E-state index in [1.165, 1.54) is 23.5 Å². The van der Waals surface area contributed by atoms with E-state index < -0.39 is 11.9 Å². The second-order valence-electron chi connectivity index (χ2n) is 5.25. The zero-order valence-electron chi connectivity index (χ0n) is 11.7. The molecule has 1 aliphatic heterocycles. The summed E-state index contributed by atoms with van der Waals surface area (Å²) in [7, 11) is 0. The van der Waals surface area contributed by atoms with Gasteiger partial charge >= 0.3 is 5.97 Å². The van der Waals surface area contributed by atoms with Gasteiger partial charge in [0.2, 0.25) is 0 Å². The number of carbonyl (C=O) groups excluding carboxylic acids is 1. The molecule has 0 spiro atoms. The highest BCUT2D eigenvalue weighted by atomic mass is 32.1. The molecule has 1 N–H and O–H groups in total. The van der Waals surface area contributed by atoms with E-state index in [1.54, 1.807) is 23.1 Å². The molecule has 2 heterocycles. The minimum Gasteiger partial charge on any atom is -0.481 e. The maximum atomic E-state index is 12.9. The first-order valence-corrected chi connectivity index (χ1v) is 7.74. The van der Waals surface area contributed by atoms with Gasteiger partial charge in [-0.15, -0.1) is 11.3 Å². The summed E-state index contributed by atoms with van der Waals surface area (Å²) in [6, 6.07) is 9.68. The van der Waals surface area contributed by atoms with Gasteiger partial charge in [0.1, 0.15) is 5.82 Å². The lowest BCUT2D eigenvalue weighted by molar-refractivity contribution is -0.141. The van der Waals surface area contributed by atoms with Crippen molar-refractivity contribution >= 4 is 23.2 Å². The van der Waals surface area contributed by atoms with Crippen molar-refractivity contribution in [2.24, 2.45) is 5.92 Å². The highest BCUT2D eigenvalue weighted by molar-refractivity contribution is 7.17. The highest BCUT2D eigenvalue weighted by Gasteiger charge is 2.31. The van der Waals surface area contributed by atoms with E-state index in [4.69, 9.17) is 5.11 Å². The third-order valence-electron chi connectivity index (χ3n) is 3.77. The van der Waals surface area contributed by atoms with Gasteiger partial charge in [-0.3, -0.25) is 9.59 Å². The fourth-order valence-electron chi connectivity index (χ4n) is 2.52. The van der Waals surface area contributed by atoms with Crippen LogP contribution < -0.4 is 0 Å². The van der Waals surface area contributed by atoms with E-state index in [-0.39, 0.29) is 18.3 Å². The Bertz CT molecular complexity index is 710. The SMILES string of the molecule is O=C(O)[C@@H]1CCN(C(=O)c2ccc(-c3ccc(F)cc3)s2)C1. The first-order chi connectivity index (χ1) is 10.5. The number of thiophene rings is 1. The van der Waals surface area contributed by atoms with Crippen LogP contribution in [0.4, 0.5) is 4.39 Å². The Kier molecular flexibility index (Phi) is 3.94. The molecular formula is C16H14FNO3S. The number of halogens is 1. The van der Waals surface area contributed by atoms with Crippen molar-refractivity contribution in [1.29, 1.82) is 0 Å². The third-order valence-corrected chi connectivity index (χ3v) is 4.89. The molecule has 1 atom stereocenters. The molecule has 0 radical (unpaired) electrons. The van der Waals surface area contributed by atoms with Crippen LogP contribution >= 0.6 is 11.3 Å². The molecule has 1 amide bonds. The van der Waals surface area contributed by atoms with Gasteiger partial charge in [-0.1, -0.05) is 12.1 Å². The summed E-state index contributed by atoms with van der Waals surface area (Å²) in [4.78, 5) is 26.4. The van der Waals surface area contributed by atoms with E-state index in [9.17, 15) is 14.0 Å². The van der Waals surface area contributed by atoms with Crippen molar-refractivity contribution in [2.75, 3.05) is 13.1 Å². The number of likely N-dealkylation sites (tertiary alicyclic amines) is 1. The van der Waals surface area contributed by atoms with E-state index in [1.807, 2.05) is 6.07 Å². The van der Waals surface area contributed by atoms with E-state index in [0.29, 0.717) is 17.8 Å². The molecule has 0 saturated carbocycles. The lowest BCUT2D eigenvalue weighted by Crippen LogP contribution is -2.29. The van der Waals surface area contributed by atoms with Gasteiger partial charge in [0.25, 0.3) is 5.91 Å². The summed E-state index contributed by atoms with van der Waals surface area (Å²) in [5.41, 5.74) is 0.857. The third kappa shape index (κ3) is 2.87. The molecule has 1 aromatic carbocycles. The van der Waals surface area contributed by atoms with Crippen molar-refractivity contribution in [3.63, 3.8) is 0 Å². The Morgan fingerprint density at radius 3 is 2.55 bits per heavy atom. The maximum absolute atomic E-state index is 12.9. The van der Waals surface area contributed by atoms with Gasteiger partial charge in [0.05, 0.1) is 10.8 Å². The van der Waals surface area contributed by atoms with E-state index >= 15 is 0 Å². The smallest absolute Gasteiger partial charge is 0.308 e. The van der Waals surface area contributed by atoms with Crippen LogP contribution in [0.25, 0.3) is 10.4 Å². The Hall–Kier alpha value is -2.21. The topological polar surface area (TPSA) is 57.6 Å². The number of carboxylic acids is 1. The highest BCUT2D eigenvalue weighted by Crippen LogP contribution is 2.30. The number of carboxylic acid groups (broad SMARTS) is 1. The van der Waals surface area contributed by atoms with Crippen LogP contribution in [-0.2, 0) is 4.79 Å². The number of benzene rings is 1. The normalized spacial score (nSPS) is 17.7. The van der Waals surface area contributed by atoms with Gasteiger partial charge in [0.15, 0.2) is 0 Å². The zero-order chi connectivity index (χ0) is 15.7. The van der Waals surface area contributed by atoms with E-state index in [0.717, 1.165) is 10.4 Å². The Morgan fingerprint density at radius 1 is 1.18 bits per heavy atom. The summed E-state index contributed by atoms with van der Waals surface area (Å²) in [6.07, 6.45) is 0.497. The number of hydrogen-bond acceptors (Lipinski definition) is 3. The molecule has 2 aromatic rings. The number of rotatable bonds is 3. The lowest BCUT2D eigenvalue weighted by atomic mass is 10.1. The molecule has 0 unspecified atom stereocenters. The molecule has 4 nitrogen and oxygen atoms in total. The monoisotopic (exact) mass is 319 g/mol. The summed E-state index contributed by atoms with van der Waals surface area (Å²) >= 11 is 1.34. The van der Waals surface area contributed by atoms with Crippen LogP contribution in [0.5, 0.6) is 0 Å². The fourth-order valence-corrected chi connectivity index (χ4v) is 3.50. The van der Waals surface area contributed by atoms with Crippen LogP contribution in [0.15, 0.2) is 36.4 Å². The molecule has 0 bridgehead atoms. The number of amides is 1. The standard InChI is InChI=1S/C16H14FNO3S/c17-12-3-1-10(2-4-12)13-5-6-14(22-13)15(19)18-8-7-11(9-18)16(20)21/h1-6,11H,7-9H2,(H,20,21)/t11-/m1/s1. The zero-order valence-corrected chi connectivity index (χ0v) is 12.5. The molecular weight excluding hydrogens is 305 g/mol. The molecule has 114 valence electrons. The first kappa shape index (κ1) is 14.7. The van der Waals surface area contributed by atoms with Crippen LogP contribution in [0, 0.1) is 11.7 Å². The Balaban J connectivity index is 1.75. The second kappa shape index (κ2) is 5.88. The van der Waals surface area contributed by atoms with Crippen molar-refractivity contribution in [1.82, 2.24) is 4.90 Å². The number of nitrogens with zero attached hydrogens (tertiary/aromatic N) is 1. The molecule has 6 heteroatoms. The minimum atomic E-state index is -0.853. The minimum absolute atomic E-state index is 0.137. The number of carbonyl (C=O) groups is 2. The van der Waals surface area contributed by atoms with Crippen LogP contribution in [0.3, 0.4) is 0 Å². The quantitative estimate of drug-likeness (QED) is 0.946. The van der Waals surface area contributed by atoms with Crippen molar-refractivity contribution < 1.29 is 19.1 Å². The molecule has 1 saturated heterocycles. The molecule has 0 aliphatic carbocycles. The van der Waals surface area contributed by atoms with Gasteiger partial charge in [-0.05, 0) is 36.2 Å². The summed E-state index contributed by atoms with van der Waals surface area (Å²) in [5.74, 6) is -1.76. The first-order valence-electron chi connectivity index (χ1n) is 6.92. The predicted octanol–water partition coefficient (Wildman–Crippen LogP) is 3.10. The largest absolute Gasteiger partial charge is 0.481 e. The van der Waals surface area contributed by atoms with Gasteiger partial charge < -0.3 is 10.0 Å². The van der Waals surface area contributed by atoms with Gasteiger partial charge in [-0.2, -0.15) is 0 Å². The summed E-state index contributed by atoms with van der Waals surface area (Å²) in [6.45, 7) is 0.734. The van der Waals surface area contributed by atoms with Crippen LogP contribution in [0.2, 0.25) is 0 Å². The molecule has 1 fully saturated rings. The fraction of sp³-hybridized carbons (Fsp3) is 0.250. The van der Waals surface area contributed by atoms with Gasteiger partial charge in [0, 0.05) is 18.0 Å². The average Bonchev–Trinajstić information content (AvgIpc) is 3.17. The van der Waals surface area contributed by atoms with Crippen LogP contribution in [-0.4, -0.2) is 35.0 Å². The molecule has 1 aromatic heterocycles. The van der Waals surface area contributed by atoms with Gasteiger partial charge in [-0.25, -0.2) is 4.39 Å². The van der Waals surface area contributed by atoms with E-state index in [2.05, 4.69) is 0 Å². The van der Waals surface area contributed by atoms with Crippen LogP contribution in [0.1, 0.15) is 16.1 Å². The van der Waals surface area contributed by atoms with Crippen molar-refractivity contribution in [3.8, 4) is 10.4 Å². The van der Waals surface area contributed by atoms with Crippen molar-refractivity contribution in [2.45, 2.75) is 6.42 Å². The Morgan fingerprint density at radius 2 is 1.91 bits per heavy atom. The Labute approximate surface area is 130 Å². The number of aliphatic carboxylic acids is 1. The molecule has 22 heavy (non-hydrogen) atoms. The average molecular weight is 319 g/mol. The lowest BCUT2D eigenvalue weighted by Gasteiger charge is -2.14. The van der Waals surface area contributed by atoms with Crippen molar-refractivity contribution in [3.05, 3.63) is 47.1 Å². The maximum Gasteiger partial charge on any atom is 0.308 e. The summed E-state index contributed by atoms with van der Waals surface area (Å²) in [5, 5.41) is 8.99. The molecule has 3 rings (SSSR count). The number of hydrogen-bond donors (Lipinski definition) is 1. The molecule has 1 aliphatic rings. The summed E-state index contributed by atoms with van der Waals surface area (Å²) < 4.78 is 12.9. The second-order valence-corrected chi connectivity index (χ2v) is 6.33.